The third-order valence-corrected chi connectivity index (χ3v) is 4.59. The summed E-state index contributed by atoms with van der Waals surface area (Å²) < 4.78 is 0. The minimum absolute atomic E-state index is 0.130. The highest BCUT2D eigenvalue weighted by Gasteiger charge is 2.24. The van der Waals surface area contributed by atoms with Crippen LogP contribution in [-0.4, -0.2) is 11.1 Å². The van der Waals surface area contributed by atoms with Crippen molar-refractivity contribution in [2.24, 2.45) is 4.99 Å². The molecule has 0 atom stereocenters. The van der Waals surface area contributed by atoms with Crippen LogP contribution in [0.3, 0.4) is 0 Å². The standard InChI is InChI=1S/C14H9ClN2OS2/c15-10-5-1-2-6-11(10)16-14-17-13(18)12(20-14)8-9-4-3-7-19-9/h1-8H,(H,16,17,18). The smallest absolute Gasteiger partial charge is 0.264 e. The van der Waals surface area contributed by atoms with Gasteiger partial charge in [-0.25, -0.2) is 4.99 Å². The van der Waals surface area contributed by atoms with Crippen LogP contribution in [0.4, 0.5) is 5.69 Å². The van der Waals surface area contributed by atoms with Crippen molar-refractivity contribution < 1.29 is 4.79 Å². The summed E-state index contributed by atoms with van der Waals surface area (Å²) in [5.74, 6) is -0.130. The van der Waals surface area contributed by atoms with Gasteiger partial charge in [0.25, 0.3) is 5.91 Å². The second kappa shape index (κ2) is 5.83. The molecule has 0 saturated carbocycles. The Morgan fingerprint density at radius 3 is 2.80 bits per heavy atom. The number of amides is 1. The summed E-state index contributed by atoms with van der Waals surface area (Å²) in [7, 11) is 0. The van der Waals surface area contributed by atoms with Gasteiger partial charge in [-0.15, -0.1) is 11.3 Å². The Labute approximate surface area is 129 Å². The maximum atomic E-state index is 11.9. The number of thioether (sulfide) groups is 1. The number of nitrogens with zero attached hydrogens (tertiary/aromatic N) is 1. The molecule has 2 heterocycles. The Bertz CT molecular complexity index is 708. The van der Waals surface area contributed by atoms with E-state index in [-0.39, 0.29) is 5.91 Å². The van der Waals surface area contributed by atoms with Crippen molar-refractivity contribution in [2.45, 2.75) is 0 Å². The van der Waals surface area contributed by atoms with E-state index in [1.807, 2.05) is 41.8 Å². The molecule has 1 N–H and O–H groups in total. The number of benzene rings is 1. The van der Waals surface area contributed by atoms with Crippen molar-refractivity contribution in [2.75, 3.05) is 0 Å². The Morgan fingerprint density at radius 2 is 2.05 bits per heavy atom. The number of thiophene rings is 1. The van der Waals surface area contributed by atoms with Gasteiger partial charge in [-0.2, -0.15) is 0 Å². The quantitative estimate of drug-likeness (QED) is 0.838. The summed E-state index contributed by atoms with van der Waals surface area (Å²) >= 11 is 8.96. The summed E-state index contributed by atoms with van der Waals surface area (Å²) in [4.78, 5) is 17.9. The fourth-order valence-electron chi connectivity index (χ4n) is 1.63. The first-order valence-electron chi connectivity index (χ1n) is 5.80. The Morgan fingerprint density at radius 1 is 1.20 bits per heavy atom. The van der Waals surface area contributed by atoms with Gasteiger partial charge in [0.15, 0.2) is 5.17 Å². The summed E-state index contributed by atoms with van der Waals surface area (Å²) in [6.45, 7) is 0. The lowest BCUT2D eigenvalue weighted by Crippen LogP contribution is -2.19. The number of nitrogens with one attached hydrogen (secondary N) is 1. The molecule has 6 heteroatoms. The summed E-state index contributed by atoms with van der Waals surface area (Å²) in [5, 5.41) is 5.83. The fraction of sp³-hybridized carbons (Fsp3) is 0. The van der Waals surface area contributed by atoms with E-state index >= 15 is 0 Å². The molecule has 1 saturated heterocycles. The molecule has 1 aliphatic heterocycles. The predicted molar refractivity (Wildman–Crippen MR) is 86.6 cm³/mol. The van der Waals surface area contributed by atoms with Crippen LogP contribution in [0.5, 0.6) is 0 Å². The van der Waals surface area contributed by atoms with Crippen molar-refractivity contribution in [1.82, 2.24) is 5.32 Å². The first-order chi connectivity index (χ1) is 9.72. The van der Waals surface area contributed by atoms with Crippen LogP contribution in [-0.2, 0) is 4.79 Å². The molecule has 0 spiro atoms. The molecular formula is C14H9ClN2OS2. The van der Waals surface area contributed by atoms with Crippen LogP contribution in [0.2, 0.25) is 5.02 Å². The van der Waals surface area contributed by atoms with Crippen molar-refractivity contribution in [3.8, 4) is 0 Å². The molecule has 0 radical (unpaired) electrons. The maximum absolute atomic E-state index is 11.9. The van der Waals surface area contributed by atoms with Gasteiger partial charge in [-0.3, -0.25) is 4.79 Å². The molecule has 1 fully saturated rings. The van der Waals surface area contributed by atoms with Crippen LogP contribution < -0.4 is 5.32 Å². The molecule has 1 aromatic heterocycles. The van der Waals surface area contributed by atoms with Gasteiger partial charge in [0.1, 0.15) is 0 Å². The van der Waals surface area contributed by atoms with Gasteiger partial charge in [0.2, 0.25) is 0 Å². The second-order valence-electron chi connectivity index (χ2n) is 3.95. The zero-order chi connectivity index (χ0) is 13.9. The van der Waals surface area contributed by atoms with Gasteiger partial charge in [-0.1, -0.05) is 29.8 Å². The van der Waals surface area contributed by atoms with Crippen LogP contribution in [0, 0.1) is 0 Å². The molecular weight excluding hydrogens is 312 g/mol. The number of carbonyl (C=O) groups excluding carboxylic acids is 1. The largest absolute Gasteiger partial charge is 0.300 e. The summed E-state index contributed by atoms with van der Waals surface area (Å²) in [5.41, 5.74) is 0.648. The van der Waals surface area contributed by atoms with Gasteiger partial charge in [0, 0.05) is 4.88 Å². The van der Waals surface area contributed by atoms with Crippen LogP contribution in [0.1, 0.15) is 4.88 Å². The van der Waals surface area contributed by atoms with E-state index in [2.05, 4.69) is 10.3 Å². The normalized spacial score (nSPS) is 18.8. The molecule has 3 rings (SSSR count). The number of hydrogen-bond donors (Lipinski definition) is 1. The van der Waals surface area contributed by atoms with E-state index in [1.165, 1.54) is 11.8 Å². The number of amidine groups is 1. The maximum Gasteiger partial charge on any atom is 0.264 e. The lowest BCUT2D eigenvalue weighted by Gasteiger charge is -1.98. The Kier molecular flexibility index (Phi) is 3.91. The second-order valence-corrected chi connectivity index (χ2v) is 6.37. The average Bonchev–Trinajstić information content (AvgIpc) is 3.04. The number of rotatable bonds is 2. The van der Waals surface area contributed by atoms with E-state index in [0.29, 0.717) is 20.8 Å². The van der Waals surface area contributed by atoms with Crippen molar-refractivity contribution in [3.63, 3.8) is 0 Å². The number of carbonyl (C=O) groups is 1. The first kappa shape index (κ1) is 13.4. The molecule has 1 aromatic carbocycles. The zero-order valence-electron chi connectivity index (χ0n) is 10.2. The fourth-order valence-corrected chi connectivity index (χ4v) is 3.37. The first-order valence-corrected chi connectivity index (χ1v) is 7.87. The van der Waals surface area contributed by atoms with Crippen molar-refractivity contribution in [3.05, 3.63) is 56.6 Å². The van der Waals surface area contributed by atoms with E-state index in [0.717, 1.165) is 4.88 Å². The zero-order valence-corrected chi connectivity index (χ0v) is 12.6. The predicted octanol–water partition coefficient (Wildman–Crippen LogP) is 4.29. The lowest BCUT2D eigenvalue weighted by molar-refractivity contribution is -0.115. The van der Waals surface area contributed by atoms with Gasteiger partial charge in [-0.05, 0) is 41.4 Å². The van der Waals surface area contributed by atoms with Gasteiger partial charge >= 0.3 is 0 Å². The van der Waals surface area contributed by atoms with E-state index < -0.39 is 0 Å². The van der Waals surface area contributed by atoms with Crippen molar-refractivity contribution in [1.29, 1.82) is 0 Å². The van der Waals surface area contributed by atoms with Gasteiger partial charge < -0.3 is 5.32 Å². The molecule has 1 amide bonds. The third-order valence-electron chi connectivity index (χ3n) is 2.54. The molecule has 1 aliphatic rings. The highest BCUT2D eigenvalue weighted by Crippen LogP contribution is 2.31. The van der Waals surface area contributed by atoms with E-state index in [1.54, 1.807) is 17.4 Å². The molecule has 0 unspecified atom stereocenters. The molecule has 2 aromatic rings. The lowest BCUT2D eigenvalue weighted by atomic mass is 10.3. The number of halogens is 1. The number of para-hydroxylation sites is 1. The minimum Gasteiger partial charge on any atom is -0.300 e. The van der Waals surface area contributed by atoms with E-state index in [9.17, 15) is 4.79 Å². The van der Waals surface area contributed by atoms with Crippen molar-refractivity contribution >= 4 is 57.5 Å². The highest BCUT2D eigenvalue weighted by molar-refractivity contribution is 8.18. The SMILES string of the molecule is O=C1NC(=Nc2ccccc2Cl)SC1=Cc1cccs1. The average molecular weight is 321 g/mol. The molecule has 0 aliphatic carbocycles. The van der Waals surface area contributed by atoms with Crippen LogP contribution in [0.15, 0.2) is 51.7 Å². The molecule has 3 nitrogen and oxygen atoms in total. The topological polar surface area (TPSA) is 41.5 Å². The minimum atomic E-state index is -0.130. The molecule has 20 heavy (non-hydrogen) atoms. The summed E-state index contributed by atoms with van der Waals surface area (Å²) in [6, 6.07) is 11.2. The monoisotopic (exact) mass is 320 g/mol. The third kappa shape index (κ3) is 2.95. The Hall–Kier alpha value is -1.56. The number of aliphatic imine (C=N–C) groups is 1. The highest BCUT2D eigenvalue weighted by atomic mass is 35.5. The van der Waals surface area contributed by atoms with Crippen LogP contribution >= 0.6 is 34.7 Å². The number of hydrogen-bond acceptors (Lipinski definition) is 4. The molecule has 0 bridgehead atoms. The summed E-state index contributed by atoms with van der Waals surface area (Å²) in [6.07, 6.45) is 1.86. The van der Waals surface area contributed by atoms with Crippen LogP contribution in [0.25, 0.3) is 6.08 Å². The Balaban J connectivity index is 1.85. The van der Waals surface area contributed by atoms with Gasteiger partial charge in [0.05, 0.1) is 15.6 Å². The molecule has 100 valence electrons. The van der Waals surface area contributed by atoms with E-state index in [4.69, 9.17) is 11.6 Å².